The molecule has 1 aromatic rings. The van der Waals surface area contributed by atoms with Crippen molar-refractivity contribution in [1.29, 1.82) is 0 Å². The van der Waals surface area contributed by atoms with Crippen LogP contribution in [0.5, 0.6) is 5.75 Å². The van der Waals surface area contributed by atoms with Gasteiger partial charge in [0.2, 0.25) is 0 Å². The highest BCUT2D eigenvalue weighted by Crippen LogP contribution is 2.40. The zero-order chi connectivity index (χ0) is 11.5. The third kappa shape index (κ3) is 3.02. The minimum absolute atomic E-state index is 0.798. The van der Waals surface area contributed by atoms with E-state index in [9.17, 15) is 0 Å². The van der Waals surface area contributed by atoms with Crippen molar-refractivity contribution in [1.82, 2.24) is 0 Å². The molecule has 17 heavy (non-hydrogen) atoms. The van der Waals surface area contributed by atoms with Crippen molar-refractivity contribution in [2.45, 2.75) is 50.9 Å². The third-order valence-electron chi connectivity index (χ3n) is 4.14. The molecule has 2 aliphatic rings. The Bertz CT molecular complexity index is 344. The van der Waals surface area contributed by atoms with Crippen molar-refractivity contribution in [3.8, 4) is 5.75 Å². The Morgan fingerprint density at radius 2 is 1.59 bits per heavy atom. The minimum Gasteiger partial charge on any atom is -0.493 e. The van der Waals surface area contributed by atoms with Gasteiger partial charge in [0.25, 0.3) is 0 Å². The molecule has 0 aliphatic heterocycles. The Hall–Kier alpha value is -0.980. The van der Waals surface area contributed by atoms with E-state index < -0.39 is 0 Å². The van der Waals surface area contributed by atoms with Gasteiger partial charge in [0.15, 0.2) is 0 Å². The third-order valence-corrected chi connectivity index (χ3v) is 4.14. The quantitative estimate of drug-likeness (QED) is 0.738. The van der Waals surface area contributed by atoms with Crippen LogP contribution < -0.4 is 4.74 Å². The second kappa shape index (κ2) is 5.12. The van der Waals surface area contributed by atoms with Gasteiger partial charge in [0, 0.05) is 0 Å². The van der Waals surface area contributed by atoms with Crippen molar-refractivity contribution in [2.75, 3.05) is 6.61 Å². The van der Waals surface area contributed by atoms with E-state index in [2.05, 4.69) is 24.3 Å². The van der Waals surface area contributed by atoms with Crippen LogP contribution in [0.25, 0.3) is 0 Å². The number of rotatable bonds is 4. The second-order valence-corrected chi connectivity index (χ2v) is 5.66. The lowest BCUT2D eigenvalue weighted by Crippen LogP contribution is -2.15. The van der Waals surface area contributed by atoms with Gasteiger partial charge in [0.05, 0.1) is 6.61 Å². The van der Waals surface area contributed by atoms with Gasteiger partial charge in [-0.25, -0.2) is 0 Å². The summed E-state index contributed by atoms with van der Waals surface area (Å²) in [7, 11) is 0. The summed E-state index contributed by atoms with van der Waals surface area (Å²) < 4.78 is 5.90. The van der Waals surface area contributed by atoms with Gasteiger partial charge in [-0.05, 0) is 55.2 Å². The van der Waals surface area contributed by atoms with Gasteiger partial charge >= 0.3 is 0 Å². The van der Waals surface area contributed by atoms with Crippen LogP contribution in [0.3, 0.4) is 0 Å². The summed E-state index contributed by atoms with van der Waals surface area (Å²) in [5, 5.41) is 0. The Kier molecular flexibility index (Phi) is 3.35. The van der Waals surface area contributed by atoms with Gasteiger partial charge in [-0.1, -0.05) is 31.4 Å². The minimum atomic E-state index is 0.798. The normalized spacial score (nSPS) is 21.4. The van der Waals surface area contributed by atoms with Gasteiger partial charge in [0.1, 0.15) is 5.75 Å². The predicted octanol–water partition coefficient (Wildman–Crippen LogP) is 4.52. The first-order valence-electron chi connectivity index (χ1n) is 7.14. The summed E-state index contributed by atoms with van der Waals surface area (Å²) in [4.78, 5) is 0. The van der Waals surface area contributed by atoms with Crippen molar-refractivity contribution < 1.29 is 4.74 Å². The molecule has 0 unspecified atom stereocenters. The Balaban J connectivity index is 1.50. The van der Waals surface area contributed by atoms with E-state index in [1.807, 2.05) is 0 Å². The van der Waals surface area contributed by atoms with Crippen LogP contribution in [0.4, 0.5) is 0 Å². The first-order valence-corrected chi connectivity index (χ1v) is 7.14. The molecule has 0 radical (unpaired) electrons. The zero-order valence-electron chi connectivity index (χ0n) is 10.5. The van der Waals surface area contributed by atoms with Crippen LogP contribution in [0.2, 0.25) is 0 Å². The molecule has 2 fully saturated rings. The van der Waals surface area contributed by atoms with E-state index in [-0.39, 0.29) is 0 Å². The smallest absolute Gasteiger partial charge is 0.119 e. The fourth-order valence-corrected chi connectivity index (χ4v) is 2.82. The molecular weight excluding hydrogens is 208 g/mol. The molecule has 1 nitrogen and oxygen atoms in total. The largest absolute Gasteiger partial charge is 0.493 e. The summed E-state index contributed by atoms with van der Waals surface area (Å²) in [5.41, 5.74) is 1.50. The van der Waals surface area contributed by atoms with E-state index >= 15 is 0 Å². The topological polar surface area (TPSA) is 9.23 Å². The van der Waals surface area contributed by atoms with Crippen LogP contribution in [0.1, 0.15) is 56.4 Å². The molecule has 2 aliphatic carbocycles. The monoisotopic (exact) mass is 230 g/mol. The fraction of sp³-hybridized carbons (Fsp3) is 0.625. The molecule has 1 heteroatoms. The van der Waals surface area contributed by atoms with Crippen molar-refractivity contribution in [2.24, 2.45) is 5.92 Å². The molecule has 92 valence electrons. The van der Waals surface area contributed by atoms with Gasteiger partial charge < -0.3 is 4.74 Å². The molecule has 0 bridgehead atoms. The maximum absolute atomic E-state index is 5.90. The highest BCUT2D eigenvalue weighted by molar-refractivity contribution is 5.31. The summed E-state index contributed by atoms with van der Waals surface area (Å²) in [5.74, 6) is 2.70. The average molecular weight is 230 g/mol. The highest BCUT2D eigenvalue weighted by Gasteiger charge is 2.23. The summed E-state index contributed by atoms with van der Waals surface area (Å²) in [6.45, 7) is 0.919. The number of ether oxygens (including phenoxy) is 1. The number of benzene rings is 1. The number of hydrogen-bond donors (Lipinski definition) is 0. The molecule has 0 spiro atoms. The van der Waals surface area contributed by atoms with Crippen LogP contribution in [0, 0.1) is 5.92 Å². The van der Waals surface area contributed by atoms with Crippen molar-refractivity contribution in [3.05, 3.63) is 29.8 Å². The molecule has 2 saturated carbocycles. The maximum atomic E-state index is 5.90. The molecule has 0 saturated heterocycles. The molecule has 0 atom stereocenters. The molecule has 0 aromatic heterocycles. The van der Waals surface area contributed by atoms with Gasteiger partial charge in [-0.2, -0.15) is 0 Å². The van der Waals surface area contributed by atoms with Crippen molar-refractivity contribution >= 4 is 0 Å². The van der Waals surface area contributed by atoms with Gasteiger partial charge in [-0.15, -0.1) is 0 Å². The van der Waals surface area contributed by atoms with Crippen LogP contribution in [-0.2, 0) is 0 Å². The average Bonchev–Trinajstić information content (AvgIpc) is 3.23. The van der Waals surface area contributed by atoms with E-state index in [0.717, 1.165) is 24.2 Å². The summed E-state index contributed by atoms with van der Waals surface area (Å²) in [6, 6.07) is 8.79. The van der Waals surface area contributed by atoms with Crippen LogP contribution in [-0.4, -0.2) is 6.61 Å². The molecule has 0 heterocycles. The molecule has 0 N–H and O–H groups in total. The van der Waals surface area contributed by atoms with E-state index in [0.29, 0.717) is 0 Å². The standard InChI is InChI=1S/C16H22O/c1-2-4-13(5-3-1)12-17-16-10-8-15(9-11-16)14-6-7-14/h8-11,13-14H,1-7,12H2. The van der Waals surface area contributed by atoms with E-state index in [1.165, 1.54) is 50.5 Å². The molecular formula is C16H22O. The second-order valence-electron chi connectivity index (χ2n) is 5.66. The lowest BCUT2D eigenvalue weighted by Gasteiger charge is -2.21. The SMILES string of the molecule is c1cc(C2CC2)ccc1OCC1CCCCC1. The van der Waals surface area contributed by atoms with Crippen LogP contribution in [0.15, 0.2) is 24.3 Å². The Labute approximate surface area is 104 Å². The number of hydrogen-bond acceptors (Lipinski definition) is 1. The molecule has 3 rings (SSSR count). The van der Waals surface area contributed by atoms with Gasteiger partial charge in [-0.3, -0.25) is 0 Å². The Morgan fingerprint density at radius 1 is 0.882 bits per heavy atom. The zero-order valence-corrected chi connectivity index (χ0v) is 10.5. The predicted molar refractivity (Wildman–Crippen MR) is 70.5 cm³/mol. The molecule has 0 amide bonds. The lowest BCUT2D eigenvalue weighted by atomic mass is 9.90. The highest BCUT2D eigenvalue weighted by atomic mass is 16.5. The first-order chi connectivity index (χ1) is 8.42. The van der Waals surface area contributed by atoms with E-state index in [4.69, 9.17) is 4.74 Å². The molecule has 1 aromatic carbocycles. The van der Waals surface area contributed by atoms with Crippen molar-refractivity contribution in [3.63, 3.8) is 0 Å². The van der Waals surface area contributed by atoms with Crippen LogP contribution >= 0.6 is 0 Å². The Morgan fingerprint density at radius 3 is 2.24 bits per heavy atom. The first kappa shape index (κ1) is 11.1. The summed E-state index contributed by atoms with van der Waals surface area (Å²) in [6.07, 6.45) is 9.70. The van der Waals surface area contributed by atoms with E-state index in [1.54, 1.807) is 0 Å². The fourth-order valence-electron chi connectivity index (χ4n) is 2.82. The lowest BCUT2D eigenvalue weighted by molar-refractivity contribution is 0.209. The summed E-state index contributed by atoms with van der Waals surface area (Å²) >= 11 is 0. The maximum Gasteiger partial charge on any atom is 0.119 e.